The van der Waals surface area contributed by atoms with Crippen LogP contribution in [0.4, 0.5) is 0 Å². The molecule has 0 aromatic heterocycles. The van der Waals surface area contributed by atoms with Crippen LogP contribution in [-0.2, 0) is 13.6 Å². The molecule has 0 fully saturated rings. The van der Waals surface area contributed by atoms with Crippen molar-refractivity contribution in [1.82, 2.24) is 9.13 Å². The van der Waals surface area contributed by atoms with Gasteiger partial charge in [-0.15, -0.1) is 0 Å². The van der Waals surface area contributed by atoms with Crippen LogP contribution >= 0.6 is 7.14 Å². The van der Waals surface area contributed by atoms with Gasteiger partial charge in [0.25, 0.3) is 0 Å². The van der Waals surface area contributed by atoms with Crippen LogP contribution in [0, 0.1) is 0 Å². The highest BCUT2D eigenvalue weighted by Crippen LogP contribution is 2.58. The number of nitrogens with zero attached hydrogens (tertiary/aromatic N) is 2. The molecule has 1 rings (SSSR count). The Labute approximate surface area is 144 Å². The highest BCUT2D eigenvalue weighted by molar-refractivity contribution is 7.87. The lowest BCUT2D eigenvalue weighted by Gasteiger charge is -2.45. The first-order valence-corrected chi connectivity index (χ1v) is 12.1. The van der Waals surface area contributed by atoms with E-state index in [4.69, 9.17) is 9.05 Å². The summed E-state index contributed by atoms with van der Waals surface area (Å²) in [5, 5.41) is 0. The largest absolute Gasteiger partial charge is 0.442 e. The molecule has 1 aliphatic heterocycles. The third kappa shape index (κ3) is 5.09. The quantitative estimate of drug-likeness (QED) is 0.524. The van der Waals surface area contributed by atoms with E-state index in [-0.39, 0.29) is 23.3 Å². The maximum absolute atomic E-state index is 13.8. The van der Waals surface area contributed by atoms with Gasteiger partial charge in [0, 0.05) is 23.5 Å². The molecule has 0 bridgehead atoms. The Kier molecular flexibility index (Phi) is 6.23. The van der Waals surface area contributed by atoms with Gasteiger partial charge in [0.15, 0.2) is 0 Å². The van der Waals surface area contributed by atoms with Gasteiger partial charge >= 0.3 is 15.9 Å². The van der Waals surface area contributed by atoms with E-state index in [2.05, 4.69) is 50.7 Å². The molecule has 0 aromatic carbocycles. The second-order valence-electron chi connectivity index (χ2n) is 8.49. The second kappa shape index (κ2) is 6.91. The van der Waals surface area contributed by atoms with Crippen molar-refractivity contribution in [1.29, 1.82) is 0 Å². The van der Waals surface area contributed by atoms with E-state index in [1.807, 2.05) is 40.1 Å². The molecule has 1 radical (unpaired) electrons. The van der Waals surface area contributed by atoms with Gasteiger partial charge in [-0.3, -0.25) is 4.57 Å². The molecule has 5 nitrogen and oxygen atoms in total. The van der Waals surface area contributed by atoms with Crippen molar-refractivity contribution in [3.8, 4) is 0 Å². The molecule has 1 heterocycles. The molecule has 0 unspecified atom stereocenters. The molecule has 0 spiro atoms. The van der Waals surface area contributed by atoms with Crippen LogP contribution in [0.3, 0.4) is 0 Å². The van der Waals surface area contributed by atoms with Crippen molar-refractivity contribution in [2.24, 2.45) is 0 Å². The fourth-order valence-corrected chi connectivity index (χ4v) is 11.7. The van der Waals surface area contributed by atoms with Gasteiger partial charge in [-0.2, -0.15) is 0 Å². The predicted molar refractivity (Wildman–Crippen MR) is 98.1 cm³/mol. The van der Waals surface area contributed by atoms with Crippen molar-refractivity contribution in [2.45, 2.75) is 92.5 Å². The van der Waals surface area contributed by atoms with Crippen LogP contribution in [-0.4, -0.2) is 41.2 Å². The maximum atomic E-state index is 13.8. The molecule has 0 amide bonds. The van der Waals surface area contributed by atoms with E-state index in [1.165, 1.54) is 0 Å². The summed E-state index contributed by atoms with van der Waals surface area (Å²) in [6, 6.07) is 0. The summed E-state index contributed by atoms with van der Waals surface area (Å²) in [5.41, 5.74) is -0.303. The van der Waals surface area contributed by atoms with Crippen molar-refractivity contribution < 1.29 is 13.6 Å². The molecule has 23 heavy (non-hydrogen) atoms. The SMILES string of the molecule is CC(C)OP(=O)(OC(C)C)[Si]1N(C(C)(C)C)C=CN1C(C)(C)C. The monoisotopic (exact) mass is 361 g/mol. The smallest absolute Gasteiger partial charge is 0.371 e. The molecule has 135 valence electrons. The summed E-state index contributed by atoms with van der Waals surface area (Å²) in [4.78, 5) is 0. The summed E-state index contributed by atoms with van der Waals surface area (Å²) < 4.78 is 30.1. The van der Waals surface area contributed by atoms with Crippen LogP contribution in [0.25, 0.3) is 0 Å². The van der Waals surface area contributed by atoms with E-state index in [1.54, 1.807) is 0 Å². The molecule has 0 N–H and O–H groups in total. The zero-order chi connectivity index (χ0) is 18.2. The summed E-state index contributed by atoms with van der Waals surface area (Å²) in [5.74, 6) is 0. The minimum absolute atomic E-state index is 0.152. The first-order valence-electron chi connectivity index (χ1n) is 8.30. The van der Waals surface area contributed by atoms with Crippen LogP contribution in [0.2, 0.25) is 0 Å². The lowest BCUT2D eigenvalue weighted by atomic mass is 10.1. The molecular weight excluding hydrogens is 327 g/mol. The predicted octanol–water partition coefficient (Wildman–Crippen LogP) is 4.70. The molecule has 1 aliphatic rings. The third-order valence-electron chi connectivity index (χ3n) is 3.19. The highest BCUT2D eigenvalue weighted by Gasteiger charge is 2.56. The van der Waals surface area contributed by atoms with Crippen molar-refractivity contribution in [3.63, 3.8) is 0 Å². The Hall–Kier alpha value is -0.293. The third-order valence-corrected chi connectivity index (χ3v) is 11.0. The average Bonchev–Trinajstić information content (AvgIpc) is 2.69. The van der Waals surface area contributed by atoms with Gasteiger partial charge in [0.2, 0.25) is 0 Å². The number of hydrogen-bond donors (Lipinski definition) is 0. The van der Waals surface area contributed by atoms with Gasteiger partial charge in [-0.05, 0) is 69.2 Å². The van der Waals surface area contributed by atoms with Crippen LogP contribution < -0.4 is 0 Å². The Balaban J connectivity index is 3.37. The van der Waals surface area contributed by atoms with E-state index < -0.39 is 15.9 Å². The van der Waals surface area contributed by atoms with Gasteiger partial charge in [0.05, 0.1) is 12.2 Å². The summed E-state index contributed by atoms with van der Waals surface area (Å²) in [6.07, 6.45) is 3.78. The minimum atomic E-state index is -3.29. The zero-order valence-corrected chi connectivity index (χ0v) is 18.3. The Bertz CT molecular complexity index is 443. The van der Waals surface area contributed by atoms with Gasteiger partial charge in [-0.1, -0.05) is 0 Å². The molecule has 0 saturated heterocycles. The van der Waals surface area contributed by atoms with Crippen LogP contribution in [0.1, 0.15) is 69.2 Å². The van der Waals surface area contributed by atoms with Gasteiger partial charge in [0.1, 0.15) is 0 Å². The molecular formula is C16H34N2O3PSi. The molecule has 7 heteroatoms. The zero-order valence-electron chi connectivity index (χ0n) is 16.4. The van der Waals surface area contributed by atoms with Crippen LogP contribution in [0.5, 0.6) is 0 Å². The molecule has 0 aromatic rings. The average molecular weight is 362 g/mol. The van der Waals surface area contributed by atoms with Gasteiger partial charge < -0.3 is 18.2 Å². The summed E-state index contributed by atoms with van der Waals surface area (Å²) >= 11 is 0. The van der Waals surface area contributed by atoms with E-state index >= 15 is 0 Å². The first-order chi connectivity index (χ1) is 10.2. The normalized spacial score (nSPS) is 17.9. The Morgan fingerprint density at radius 3 is 1.35 bits per heavy atom. The number of hydrogen-bond acceptors (Lipinski definition) is 5. The summed E-state index contributed by atoms with van der Waals surface area (Å²) in [7, 11) is -5.06. The fraction of sp³-hybridized carbons (Fsp3) is 0.875. The lowest BCUT2D eigenvalue weighted by molar-refractivity contribution is 0.146. The fourth-order valence-electron chi connectivity index (χ4n) is 2.37. The first kappa shape index (κ1) is 20.8. The van der Waals surface area contributed by atoms with Crippen molar-refractivity contribution in [2.75, 3.05) is 0 Å². The summed E-state index contributed by atoms with van der Waals surface area (Å²) in [6.45, 7) is 20.4. The Morgan fingerprint density at radius 2 is 1.13 bits per heavy atom. The second-order valence-corrected chi connectivity index (χ2v) is 14.3. The van der Waals surface area contributed by atoms with Crippen molar-refractivity contribution >= 4 is 15.9 Å². The molecule has 0 saturated carbocycles. The molecule has 0 atom stereocenters. The highest BCUT2D eigenvalue weighted by atomic mass is 31.4. The Morgan fingerprint density at radius 1 is 0.826 bits per heavy atom. The lowest BCUT2D eigenvalue weighted by Crippen LogP contribution is -2.57. The van der Waals surface area contributed by atoms with E-state index in [0.717, 1.165) is 0 Å². The molecule has 0 aliphatic carbocycles. The van der Waals surface area contributed by atoms with E-state index in [0.29, 0.717) is 0 Å². The van der Waals surface area contributed by atoms with Gasteiger partial charge in [-0.25, -0.2) is 0 Å². The maximum Gasteiger partial charge on any atom is 0.442 e. The van der Waals surface area contributed by atoms with Crippen molar-refractivity contribution in [3.05, 3.63) is 12.4 Å². The van der Waals surface area contributed by atoms with Crippen LogP contribution in [0.15, 0.2) is 12.4 Å². The number of rotatable bonds is 5. The standard InChI is InChI=1S/C16H34N2O3PSi/c1-13(2)20-22(19,21-14(3)4)23-17(15(5,6)7)11-12-18(23)16(8,9)10/h11-14H,1-10H3. The van der Waals surface area contributed by atoms with E-state index in [9.17, 15) is 4.57 Å². The topological polar surface area (TPSA) is 42.0 Å². The minimum Gasteiger partial charge on any atom is -0.371 e.